The molecule has 1 fully saturated rings. The molecule has 1 aromatic carbocycles. The van der Waals surface area contributed by atoms with E-state index in [-0.39, 0.29) is 11.8 Å². The van der Waals surface area contributed by atoms with E-state index in [9.17, 15) is 9.59 Å². The molecule has 0 unspecified atom stereocenters. The molecule has 0 aliphatic carbocycles. The maximum absolute atomic E-state index is 13.6. The van der Waals surface area contributed by atoms with Crippen molar-refractivity contribution in [2.45, 2.75) is 6.42 Å². The minimum atomic E-state index is 0.00419. The van der Waals surface area contributed by atoms with Gasteiger partial charge in [0.1, 0.15) is 0 Å². The highest BCUT2D eigenvalue weighted by molar-refractivity contribution is 6.07. The lowest BCUT2D eigenvalue weighted by Gasteiger charge is -2.23. The molecule has 0 N–H and O–H groups in total. The Morgan fingerprint density at radius 1 is 1.03 bits per heavy atom. The summed E-state index contributed by atoms with van der Waals surface area (Å²) in [7, 11) is 3.54. The lowest BCUT2D eigenvalue weighted by Crippen LogP contribution is -2.39. The molecular weight excluding hydrogens is 390 g/mol. The van der Waals surface area contributed by atoms with Crippen molar-refractivity contribution in [3.8, 4) is 11.3 Å². The highest BCUT2D eigenvalue weighted by Crippen LogP contribution is 2.25. The smallest absolute Gasteiger partial charge is 0.254 e. The number of likely N-dealkylation sites (N-methyl/N-ethyl adjacent to an activating group) is 1. The zero-order valence-corrected chi connectivity index (χ0v) is 18.0. The third-order valence-corrected chi connectivity index (χ3v) is 5.64. The van der Waals surface area contributed by atoms with Gasteiger partial charge in [0.25, 0.3) is 5.91 Å². The fourth-order valence-electron chi connectivity index (χ4n) is 3.85. The zero-order valence-electron chi connectivity index (χ0n) is 18.0. The maximum Gasteiger partial charge on any atom is 0.254 e. The molecule has 7 heteroatoms. The average molecular weight is 418 g/mol. The van der Waals surface area contributed by atoms with Crippen molar-refractivity contribution in [3.63, 3.8) is 0 Å². The first-order valence-corrected chi connectivity index (χ1v) is 10.5. The summed E-state index contributed by atoms with van der Waals surface area (Å²) in [6.45, 7) is 3.15. The zero-order chi connectivity index (χ0) is 21.8. The molecule has 2 aromatic heterocycles. The van der Waals surface area contributed by atoms with Gasteiger partial charge in [0.2, 0.25) is 5.91 Å². The Kier molecular flexibility index (Phi) is 6.23. The topological polar surface area (TPSA) is 69.6 Å². The van der Waals surface area contributed by atoms with E-state index in [0.717, 1.165) is 35.1 Å². The van der Waals surface area contributed by atoms with Crippen LogP contribution in [-0.4, -0.2) is 83.3 Å². The molecule has 1 aliphatic heterocycles. The van der Waals surface area contributed by atoms with Gasteiger partial charge in [0, 0.05) is 63.6 Å². The largest absolute Gasteiger partial charge is 0.348 e. The molecule has 1 aliphatic rings. The van der Waals surface area contributed by atoms with Gasteiger partial charge in [-0.05, 0) is 30.7 Å². The van der Waals surface area contributed by atoms with Crippen LogP contribution in [0.25, 0.3) is 22.2 Å². The lowest BCUT2D eigenvalue weighted by molar-refractivity contribution is -0.129. The number of rotatable bonds is 4. The number of nitrogens with zero attached hydrogens (tertiary/aromatic N) is 5. The molecule has 3 aromatic rings. The van der Waals surface area contributed by atoms with Crippen LogP contribution in [-0.2, 0) is 4.79 Å². The lowest BCUT2D eigenvalue weighted by atomic mass is 10.0. The van der Waals surface area contributed by atoms with Crippen molar-refractivity contribution >= 4 is 22.7 Å². The minimum Gasteiger partial charge on any atom is -0.348 e. The highest BCUT2D eigenvalue weighted by Gasteiger charge is 2.24. The van der Waals surface area contributed by atoms with Gasteiger partial charge in [-0.1, -0.05) is 18.2 Å². The summed E-state index contributed by atoms with van der Waals surface area (Å²) in [5, 5.41) is 0.851. The van der Waals surface area contributed by atoms with Crippen LogP contribution < -0.4 is 0 Å². The first-order chi connectivity index (χ1) is 15.0. The van der Waals surface area contributed by atoms with Crippen LogP contribution in [0, 0.1) is 0 Å². The Morgan fingerprint density at radius 2 is 1.87 bits per heavy atom. The second-order valence-corrected chi connectivity index (χ2v) is 8.02. The molecule has 0 bridgehead atoms. The van der Waals surface area contributed by atoms with Crippen molar-refractivity contribution in [1.29, 1.82) is 0 Å². The predicted molar refractivity (Wildman–Crippen MR) is 121 cm³/mol. The average Bonchev–Trinajstić information content (AvgIpc) is 3.04. The molecule has 1 saturated heterocycles. The summed E-state index contributed by atoms with van der Waals surface area (Å²) < 4.78 is 0. The fourth-order valence-corrected chi connectivity index (χ4v) is 3.85. The number of aromatic nitrogens is 2. The molecule has 3 heterocycles. The van der Waals surface area contributed by atoms with Crippen LogP contribution in [0.1, 0.15) is 16.8 Å². The van der Waals surface area contributed by atoms with Crippen LogP contribution in [0.15, 0.2) is 54.9 Å². The molecule has 0 atom stereocenters. The number of carbonyl (C=O) groups excluding carboxylic acids is 2. The highest BCUT2D eigenvalue weighted by atomic mass is 16.2. The Morgan fingerprint density at radius 3 is 2.65 bits per heavy atom. The van der Waals surface area contributed by atoms with E-state index in [4.69, 9.17) is 4.98 Å². The molecule has 160 valence electrons. The van der Waals surface area contributed by atoms with E-state index in [0.29, 0.717) is 31.7 Å². The Labute approximate surface area is 182 Å². The van der Waals surface area contributed by atoms with E-state index in [1.165, 1.54) is 0 Å². The van der Waals surface area contributed by atoms with Gasteiger partial charge in [-0.25, -0.2) is 4.98 Å². The summed E-state index contributed by atoms with van der Waals surface area (Å²) in [5.41, 5.74) is 3.07. The first-order valence-electron chi connectivity index (χ1n) is 10.5. The Bertz CT molecular complexity index is 1080. The summed E-state index contributed by atoms with van der Waals surface area (Å²) in [5.74, 6) is 0.0885. The molecule has 0 radical (unpaired) electrons. The van der Waals surface area contributed by atoms with Gasteiger partial charge >= 0.3 is 0 Å². The number of amides is 2. The van der Waals surface area contributed by atoms with E-state index in [1.54, 1.807) is 31.4 Å². The third-order valence-electron chi connectivity index (χ3n) is 5.64. The maximum atomic E-state index is 13.6. The number of hydrogen-bond donors (Lipinski definition) is 0. The molecule has 4 rings (SSSR count). The van der Waals surface area contributed by atoms with Crippen LogP contribution >= 0.6 is 0 Å². The second-order valence-electron chi connectivity index (χ2n) is 8.02. The normalized spacial score (nSPS) is 15.0. The number of para-hydroxylation sites is 1. The van der Waals surface area contributed by atoms with Gasteiger partial charge in [0.15, 0.2) is 0 Å². The van der Waals surface area contributed by atoms with Gasteiger partial charge in [-0.15, -0.1) is 0 Å². The SMILES string of the molecule is CN(C)C(=O)CN1CCCN(C(=O)c2cc(-c3cccnc3)nc3ccccc23)CC1. The minimum absolute atomic E-state index is 0.00419. The van der Waals surface area contributed by atoms with E-state index < -0.39 is 0 Å². The number of fused-ring (bicyclic) bond motifs is 1. The summed E-state index contributed by atoms with van der Waals surface area (Å²) in [4.78, 5) is 40.2. The molecule has 2 amide bonds. The predicted octanol–water partition coefficient (Wildman–Crippen LogP) is 2.53. The van der Waals surface area contributed by atoms with Crippen molar-refractivity contribution in [2.24, 2.45) is 0 Å². The number of benzene rings is 1. The van der Waals surface area contributed by atoms with Crippen molar-refractivity contribution in [3.05, 3.63) is 60.4 Å². The van der Waals surface area contributed by atoms with Gasteiger partial charge in [-0.3, -0.25) is 19.5 Å². The summed E-state index contributed by atoms with van der Waals surface area (Å²) in [6.07, 6.45) is 4.32. The molecular formula is C24H27N5O2. The molecule has 7 nitrogen and oxygen atoms in total. The molecule has 0 saturated carbocycles. The summed E-state index contributed by atoms with van der Waals surface area (Å²) in [6, 6.07) is 13.4. The van der Waals surface area contributed by atoms with E-state index >= 15 is 0 Å². The van der Waals surface area contributed by atoms with Crippen LogP contribution in [0.3, 0.4) is 0 Å². The van der Waals surface area contributed by atoms with E-state index in [2.05, 4.69) is 9.88 Å². The monoisotopic (exact) mass is 417 g/mol. The van der Waals surface area contributed by atoms with Gasteiger partial charge in [-0.2, -0.15) is 0 Å². The van der Waals surface area contributed by atoms with Crippen LogP contribution in [0.2, 0.25) is 0 Å². The summed E-state index contributed by atoms with van der Waals surface area (Å²) >= 11 is 0. The van der Waals surface area contributed by atoms with Crippen molar-refractivity contribution < 1.29 is 9.59 Å². The van der Waals surface area contributed by atoms with Crippen LogP contribution in [0.5, 0.6) is 0 Å². The number of hydrogen-bond acceptors (Lipinski definition) is 5. The fraction of sp³-hybridized carbons (Fsp3) is 0.333. The Balaban J connectivity index is 1.61. The van der Waals surface area contributed by atoms with E-state index in [1.807, 2.05) is 47.4 Å². The van der Waals surface area contributed by atoms with Crippen molar-refractivity contribution in [1.82, 2.24) is 24.7 Å². The third kappa shape index (κ3) is 4.72. The second kappa shape index (κ2) is 9.22. The number of carbonyl (C=O) groups is 2. The Hall–Kier alpha value is -3.32. The number of pyridine rings is 2. The molecule has 31 heavy (non-hydrogen) atoms. The molecule has 0 spiro atoms. The van der Waals surface area contributed by atoms with Crippen molar-refractivity contribution in [2.75, 3.05) is 46.8 Å². The van der Waals surface area contributed by atoms with Crippen LogP contribution in [0.4, 0.5) is 0 Å². The standard InChI is InChI=1S/C24H27N5O2/c1-27(2)23(30)17-28-11-6-12-29(14-13-28)24(31)20-15-22(18-7-5-10-25-16-18)26-21-9-4-3-8-19(20)21/h3-5,7-10,15-16H,6,11-14,17H2,1-2H3. The quantitative estimate of drug-likeness (QED) is 0.653. The van der Waals surface area contributed by atoms with Gasteiger partial charge in [0.05, 0.1) is 23.3 Å². The first kappa shape index (κ1) is 20.9. The van der Waals surface area contributed by atoms with Gasteiger partial charge < -0.3 is 9.80 Å².